The first-order chi connectivity index (χ1) is 37.0. The number of rotatable bonds is 56. The van der Waals surface area contributed by atoms with E-state index in [0.29, 0.717) is 12.8 Å². The summed E-state index contributed by atoms with van der Waals surface area (Å²) in [7, 11) is 0. The van der Waals surface area contributed by atoms with Gasteiger partial charge in [0.1, 0.15) is 13.2 Å². The van der Waals surface area contributed by atoms with Crippen LogP contribution in [0.1, 0.15) is 290 Å². The van der Waals surface area contributed by atoms with Crippen molar-refractivity contribution in [3.05, 3.63) is 109 Å². The maximum absolute atomic E-state index is 12.9. The first-order valence-corrected chi connectivity index (χ1v) is 31.4. The molecule has 0 aliphatic heterocycles. The van der Waals surface area contributed by atoms with Gasteiger partial charge in [-0.15, -0.1) is 0 Å². The minimum Gasteiger partial charge on any atom is -0.462 e. The van der Waals surface area contributed by atoms with E-state index >= 15 is 0 Å². The van der Waals surface area contributed by atoms with E-state index in [1.807, 2.05) is 0 Å². The summed E-state index contributed by atoms with van der Waals surface area (Å²) in [5.41, 5.74) is 0. The zero-order valence-electron chi connectivity index (χ0n) is 49.0. The Balaban J connectivity index is 4.51. The molecule has 0 aromatic carbocycles. The highest BCUT2D eigenvalue weighted by atomic mass is 16.6. The van der Waals surface area contributed by atoms with Gasteiger partial charge in [0.05, 0.1) is 0 Å². The van der Waals surface area contributed by atoms with Crippen molar-refractivity contribution in [3.8, 4) is 0 Å². The van der Waals surface area contributed by atoms with Gasteiger partial charge in [0.2, 0.25) is 0 Å². The van der Waals surface area contributed by atoms with E-state index in [1.54, 1.807) is 0 Å². The molecular formula is C69H116O6. The van der Waals surface area contributed by atoms with Crippen LogP contribution in [0.2, 0.25) is 0 Å². The number of hydrogen-bond acceptors (Lipinski definition) is 6. The zero-order chi connectivity index (χ0) is 54.3. The summed E-state index contributed by atoms with van der Waals surface area (Å²) in [6.45, 7) is 6.54. The fourth-order valence-corrected chi connectivity index (χ4v) is 8.46. The van der Waals surface area contributed by atoms with Crippen molar-refractivity contribution < 1.29 is 28.6 Å². The Morgan fingerprint density at radius 3 is 0.800 bits per heavy atom. The molecule has 0 aromatic heterocycles. The summed E-state index contributed by atoms with van der Waals surface area (Å²) in [6.07, 6.45) is 85.1. The van der Waals surface area contributed by atoms with Gasteiger partial charge in [0, 0.05) is 19.3 Å². The molecule has 0 bridgehead atoms. The third kappa shape index (κ3) is 60.8. The van der Waals surface area contributed by atoms with Crippen molar-refractivity contribution in [2.45, 2.75) is 297 Å². The molecule has 0 saturated carbocycles. The van der Waals surface area contributed by atoms with Crippen LogP contribution in [0.25, 0.3) is 0 Å². The molecule has 0 spiro atoms. The van der Waals surface area contributed by atoms with Crippen LogP contribution in [-0.2, 0) is 28.6 Å². The zero-order valence-corrected chi connectivity index (χ0v) is 49.0. The number of esters is 3. The summed E-state index contributed by atoms with van der Waals surface area (Å²) in [5, 5.41) is 0. The number of hydrogen-bond donors (Lipinski definition) is 0. The third-order valence-corrected chi connectivity index (χ3v) is 13.2. The Labute approximate surface area is 463 Å². The quantitative estimate of drug-likeness (QED) is 0.0261. The summed E-state index contributed by atoms with van der Waals surface area (Å²) in [5.74, 6) is -0.963. The molecule has 0 N–H and O–H groups in total. The van der Waals surface area contributed by atoms with Gasteiger partial charge in [-0.2, -0.15) is 0 Å². The van der Waals surface area contributed by atoms with Crippen LogP contribution in [0, 0.1) is 0 Å². The lowest BCUT2D eigenvalue weighted by Crippen LogP contribution is -2.30. The monoisotopic (exact) mass is 1040 g/mol. The molecule has 428 valence electrons. The second-order valence-electron chi connectivity index (χ2n) is 20.6. The third-order valence-electron chi connectivity index (χ3n) is 13.2. The van der Waals surface area contributed by atoms with Crippen molar-refractivity contribution >= 4 is 17.9 Å². The highest BCUT2D eigenvalue weighted by Gasteiger charge is 2.19. The molecular weight excluding hydrogens is 925 g/mol. The van der Waals surface area contributed by atoms with E-state index in [9.17, 15) is 14.4 Å². The molecule has 0 rings (SSSR count). The fourth-order valence-electron chi connectivity index (χ4n) is 8.46. The fraction of sp³-hybridized carbons (Fsp3) is 0.696. The van der Waals surface area contributed by atoms with Gasteiger partial charge in [-0.25, -0.2) is 0 Å². The molecule has 0 fully saturated rings. The van der Waals surface area contributed by atoms with Gasteiger partial charge in [-0.1, -0.05) is 246 Å². The Hall–Kier alpha value is -3.93. The van der Waals surface area contributed by atoms with Crippen LogP contribution in [-0.4, -0.2) is 37.2 Å². The molecule has 0 amide bonds. The molecule has 1 atom stereocenters. The summed E-state index contributed by atoms with van der Waals surface area (Å²) in [4.78, 5) is 38.3. The lowest BCUT2D eigenvalue weighted by Gasteiger charge is -2.18. The Kier molecular flexibility index (Phi) is 59.3. The second-order valence-corrected chi connectivity index (χ2v) is 20.6. The van der Waals surface area contributed by atoms with Crippen LogP contribution in [0.15, 0.2) is 109 Å². The van der Waals surface area contributed by atoms with Gasteiger partial charge in [0.25, 0.3) is 0 Å². The molecule has 0 heterocycles. The largest absolute Gasteiger partial charge is 0.462 e. The topological polar surface area (TPSA) is 78.9 Å². The van der Waals surface area contributed by atoms with E-state index in [4.69, 9.17) is 14.2 Å². The number of allylic oxidation sites excluding steroid dienone is 18. The summed E-state index contributed by atoms with van der Waals surface area (Å²) in [6, 6.07) is 0. The van der Waals surface area contributed by atoms with Gasteiger partial charge in [0.15, 0.2) is 6.10 Å². The first-order valence-electron chi connectivity index (χ1n) is 31.4. The molecule has 0 aliphatic carbocycles. The second kappa shape index (κ2) is 62.6. The summed E-state index contributed by atoms with van der Waals surface area (Å²) >= 11 is 0. The van der Waals surface area contributed by atoms with Crippen LogP contribution in [0.3, 0.4) is 0 Å². The van der Waals surface area contributed by atoms with E-state index in [0.717, 1.165) is 109 Å². The lowest BCUT2D eigenvalue weighted by molar-refractivity contribution is -0.167. The van der Waals surface area contributed by atoms with E-state index < -0.39 is 6.10 Å². The van der Waals surface area contributed by atoms with Crippen molar-refractivity contribution in [2.24, 2.45) is 0 Å². The standard InChI is InChI=1S/C69H116O6/c1-4-7-10-13-16-19-22-25-28-31-34-37-40-43-46-49-52-55-58-61-67(70)73-64-66(75-69(72)63-60-57-54-51-48-45-42-39-36-33-30-27-24-21-18-15-12-9-6-3)65-74-68(71)62-59-56-53-50-47-44-41-38-35-32-29-26-23-20-17-14-11-8-5-2/h16,18-19,21,25-30,34,36-37,39,43,45-46,48,66H,4-15,17,20,22-24,31-33,35,38,40-42,44,47,49-65H2,1-3H3/b19-16+,21-18+,28-25+,29-26+,30-27+,37-34+,39-36+,46-43+,48-45+/t66-/m0/s1. The number of carbonyl (C=O) groups excluding carboxylic acids is 3. The SMILES string of the molecule is CCCCC/C=C/C/C=C/C/C=C/C/C=C/CCCCCC(=O)OC[C@@H](COC(=O)CCCCCCCCCCC/C=C/CCCCCCCC)OC(=O)CCCCC/C=C/C/C=C/C/C=C/C/C=C/CCCCC. The van der Waals surface area contributed by atoms with Crippen molar-refractivity contribution in [1.82, 2.24) is 0 Å². The maximum atomic E-state index is 12.9. The molecule has 0 saturated heterocycles. The highest BCUT2D eigenvalue weighted by Crippen LogP contribution is 2.15. The average molecular weight is 1040 g/mol. The molecule has 6 heteroatoms. The molecule has 0 radical (unpaired) electrons. The normalized spacial score (nSPS) is 12.8. The lowest BCUT2D eigenvalue weighted by atomic mass is 10.1. The van der Waals surface area contributed by atoms with Crippen LogP contribution >= 0.6 is 0 Å². The van der Waals surface area contributed by atoms with Gasteiger partial charge < -0.3 is 14.2 Å². The van der Waals surface area contributed by atoms with E-state index in [-0.39, 0.29) is 37.5 Å². The van der Waals surface area contributed by atoms with Crippen LogP contribution < -0.4 is 0 Å². The number of unbranched alkanes of at least 4 members (excludes halogenated alkanes) is 27. The molecule has 0 aromatic rings. The molecule has 0 aliphatic rings. The van der Waals surface area contributed by atoms with Crippen molar-refractivity contribution in [1.29, 1.82) is 0 Å². The van der Waals surface area contributed by atoms with E-state index in [2.05, 4.69) is 130 Å². The summed E-state index contributed by atoms with van der Waals surface area (Å²) < 4.78 is 16.9. The first kappa shape index (κ1) is 71.1. The van der Waals surface area contributed by atoms with Crippen molar-refractivity contribution in [2.75, 3.05) is 13.2 Å². The average Bonchev–Trinajstić information content (AvgIpc) is 3.41. The molecule has 6 nitrogen and oxygen atoms in total. The van der Waals surface area contributed by atoms with Gasteiger partial charge in [-0.3, -0.25) is 14.4 Å². The van der Waals surface area contributed by atoms with E-state index in [1.165, 1.54) is 141 Å². The highest BCUT2D eigenvalue weighted by molar-refractivity contribution is 5.71. The number of ether oxygens (including phenoxy) is 3. The minimum atomic E-state index is -0.812. The number of carbonyl (C=O) groups is 3. The van der Waals surface area contributed by atoms with Gasteiger partial charge in [-0.05, 0) is 135 Å². The van der Waals surface area contributed by atoms with Crippen molar-refractivity contribution in [3.63, 3.8) is 0 Å². The smallest absolute Gasteiger partial charge is 0.306 e. The Bertz CT molecular complexity index is 1520. The predicted octanol–water partition coefficient (Wildman–Crippen LogP) is 21.4. The van der Waals surface area contributed by atoms with Gasteiger partial charge >= 0.3 is 17.9 Å². The Morgan fingerprint density at radius 2 is 0.480 bits per heavy atom. The minimum absolute atomic E-state index is 0.103. The molecule has 0 unspecified atom stereocenters. The maximum Gasteiger partial charge on any atom is 0.306 e. The van der Waals surface area contributed by atoms with Crippen LogP contribution in [0.4, 0.5) is 0 Å². The molecule has 75 heavy (non-hydrogen) atoms. The Morgan fingerprint density at radius 1 is 0.267 bits per heavy atom. The van der Waals surface area contributed by atoms with Crippen LogP contribution in [0.5, 0.6) is 0 Å². The predicted molar refractivity (Wildman–Crippen MR) is 325 cm³/mol.